The van der Waals surface area contributed by atoms with E-state index in [1.54, 1.807) is 0 Å². The second-order valence-corrected chi connectivity index (χ2v) is 27.1. The summed E-state index contributed by atoms with van der Waals surface area (Å²) in [6, 6.07) is 89.9. The zero-order valence-electron chi connectivity index (χ0n) is 50.8. The van der Waals surface area contributed by atoms with Crippen molar-refractivity contribution < 1.29 is 8.83 Å². The lowest BCUT2D eigenvalue weighted by Crippen LogP contribution is -2.24. The highest BCUT2D eigenvalue weighted by molar-refractivity contribution is 6.22. The smallest absolute Gasteiger partial charge is 0.144 e. The number of fused-ring (bicyclic) bond motifs is 22. The molecule has 0 amide bonds. The number of nitrogens with zero attached hydrogens (tertiary/aromatic N) is 2. The van der Waals surface area contributed by atoms with Crippen LogP contribution in [-0.4, -0.2) is 0 Å². The van der Waals surface area contributed by atoms with Gasteiger partial charge in [-0.05, 0) is 186 Å². The van der Waals surface area contributed by atoms with E-state index in [1.165, 1.54) is 105 Å². The third-order valence-corrected chi connectivity index (χ3v) is 21.0. The quantitative estimate of drug-likeness (QED) is 0.159. The first-order chi connectivity index (χ1) is 42.7. The van der Waals surface area contributed by atoms with Gasteiger partial charge in [-0.3, -0.25) is 0 Å². The third kappa shape index (κ3) is 6.75. The Balaban J connectivity index is 0.837. The van der Waals surface area contributed by atoms with Crippen LogP contribution in [-0.2, 0) is 21.7 Å². The van der Waals surface area contributed by atoms with Crippen molar-refractivity contribution in [3.63, 3.8) is 0 Å². The van der Waals surface area contributed by atoms with Gasteiger partial charge in [0.25, 0.3) is 0 Å². The zero-order chi connectivity index (χ0) is 59.3. The van der Waals surface area contributed by atoms with E-state index in [4.69, 9.17) is 8.83 Å². The third-order valence-electron chi connectivity index (χ3n) is 21.0. The van der Waals surface area contributed by atoms with Gasteiger partial charge in [0.1, 0.15) is 22.3 Å². The molecule has 0 radical (unpaired) electrons. The van der Waals surface area contributed by atoms with E-state index in [0.717, 1.165) is 72.8 Å². The van der Waals surface area contributed by atoms with Gasteiger partial charge in [-0.2, -0.15) is 0 Å². The molecule has 4 aliphatic carbocycles. The molecule has 0 N–H and O–H groups in total. The molecule has 12 aromatic carbocycles. The van der Waals surface area contributed by atoms with Crippen LogP contribution in [0.4, 0.5) is 34.1 Å². The summed E-state index contributed by atoms with van der Waals surface area (Å²) in [6.07, 6.45) is 0. The largest absolute Gasteiger partial charge is 0.455 e. The monoisotopic (exact) mass is 1130 g/mol. The molecule has 88 heavy (non-hydrogen) atoms. The highest BCUT2D eigenvalue weighted by Gasteiger charge is 2.49. The lowest BCUT2D eigenvalue weighted by atomic mass is 9.72. The van der Waals surface area contributed by atoms with E-state index in [2.05, 4.69) is 308 Å². The van der Waals surface area contributed by atoms with Crippen LogP contribution in [0.2, 0.25) is 0 Å². The molecule has 4 aliphatic rings. The average molecular weight is 1130 g/mol. The van der Waals surface area contributed by atoms with Crippen LogP contribution in [0.1, 0.15) is 99.9 Å². The van der Waals surface area contributed by atoms with Crippen LogP contribution in [0.15, 0.2) is 251 Å². The maximum atomic E-state index is 7.09. The van der Waals surface area contributed by atoms with Crippen molar-refractivity contribution in [3.05, 3.63) is 287 Å². The molecule has 18 rings (SSSR count). The molecule has 422 valence electrons. The molecule has 14 aromatic rings. The van der Waals surface area contributed by atoms with Crippen molar-refractivity contribution in [1.82, 2.24) is 0 Å². The van der Waals surface area contributed by atoms with Crippen molar-refractivity contribution in [2.45, 2.75) is 77.0 Å². The minimum Gasteiger partial charge on any atom is -0.455 e. The SMILES string of the molecule is CC1(C)c2ccccc2-c2ccc(-c3cc4c(c5c3oc3ccccc35)-c3ccc(N(c5ccc(N(c6ccccc6)c6ccccc6)cc5)c5ccc6c(c5)C(C)(C)c5c7c(c8oc9ccccc9c8c5-6)-c5ccccc5C7(C)C)cc3C4(C)C)cc21. The predicted octanol–water partition coefficient (Wildman–Crippen LogP) is 23.3. The van der Waals surface area contributed by atoms with Gasteiger partial charge in [0.15, 0.2) is 0 Å². The topological polar surface area (TPSA) is 32.8 Å². The van der Waals surface area contributed by atoms with E-state index < -0.39 is 0 Å². The van der Waals surface area contributed by atoms with Crippen molar-refractivity contribution in [3.8, 4) is 55.6 Å². The normalized spacial score (nSPS) is 15.4. The van der Waals surface area contributed by atoms with E-state index in [1.807, 2.05) is 0 Å². The molecule has 0 saturated carbocycles. The first-order valence-corrected chi connectivity index (χ1v) is 31.2. The van der Waals surface area contributed by atoms with E-state index in [9.17, 15) is 0 Å². The summed E-state index contributed by atoms with van der Waals surface area (Å²) in [5, 5.41) is 4.68. The van der Waals surface area contributed by atoms with E-state index >= 15 is 0 Å². The lowest BCUT2D eigenvalue weighted by Gasteiger charge is -2.32. The Morgan fingerprint density at radius 3 is 1.28 bits per heavy atom. The molecule has 2 aromatic heterocycles. The molecule has 0 aliphatic heterocycles. The van der Waals surface area contributed by atoms with Crippen LogP contribution >= 0.6 is 0 Å². The Morgan fingerprint density at radius 2 is 0.659 bits per heavy atom. The van der Waals surface area contributed by atoms with Crippen LogP contribution in [0.3, 0.4) is 0 Å². The Hall–Kier alpha value is -10.2. The van der Waals surface area contributed by atoms with Gasteiger partial charge >= 0.3 is 0 Å². The summed E-state index contributed by atoms with van der Waals surface area (Å²) < 4.78 is 14.2. The molecule has 0 fully saturated rings. The molecular weight excluding hydrogens is 1070 g/mol. The van der Waals surface area contributed by atoms with Gasteiger partial charge in [0.2, 0.25) is 0 Å². The zero-order valence-corrected chi connectivity index (χ0v) is 50.8. The summed E-state index contributed by atoms with van der Waals surface area (Å²) in [4.78, 5) is 4.84. The van der Waals surface area contributed by atoms with Gasteiger partial charge < -0.3 is 18.6 Å². The fourth-order valence-electron chi connectivity index (χ4n) is 16.8. The average Bonchev–Trinajstić information content (AvgIpc) is 1.52. The van der Waals surface area contributed by atoms with Gasteiger partial charge in [-0.15, -0.1) is 0 Å². The molecule has 4 heteroatoms. The number of para-hydroxylation sites is 4. The first kappa shape index (κ1) is 51.1. The maximum absolute atomic E-state index is 7.09. The fraction of sp³-hybridized carbons (Fsp3) is 0.143. The van der Waals surface area contributed by atoms with E-state index in [0.29, 0.717) is 0 Å². The lowest BCUT2D eigenvalue weighted by molar-refractivity contribution is 0.600. The van der Waals surface area contributed by atoms with Gasteiger partial charge in [0.05, 0.1) is 0 Å². The fourth-order valence-corrected chi connectivity index (χ4v) is 16.8. The molecule has 0 unspecified atom stereocenters. The molecule has 0 atom stereocenters. The summed E-state index contributed by atoms with van der Waals surface area (Å²) >= 11 is 0. The Morgan fingerprint density at radius 1 is 0.261 bits per heavy atom. The van der Waals surface area contributed by atoms with Crippen LogP contribution in [0, 0.1) is 0 Å². The summed E-state index contributed by atoms with van der Waals surface area (Å²) in [6.45, 7) is 19.3. The number of furan rings is 2. The minimum absolute atomic E-state index is 0.143. The Bertz CT molecular complexity index is 5280. The first-order valence-electron chi connectivity index (χ1n) is 31.2. The molecule has 0 spiro atoms. The Kier molecular flexibility index (Phi) is 10.3. The number of rotatable bonds is 7. The van der Waals surface area contributed by atoms with Crippen LogP contribution in [0.5, 0.6) is 0 Å². The Labute approximate surface area is 513 Å². The van der Waals surface area contributed by atoms with E-state index in [-0.39, 0.29) is 21.7 Å². The molecule has 2 heterocycles. The molecule has 0 bridgehead atoms. The van der Waals surface area contributed by atoms with Gasteiger partial charge in [-0.25, -0.2) is 0 Å². The molecule has 0 saturated heterocycles. The van der Waals surface area contributed by atoms with Crippen molar-refractivity contribution in [2.75, 3.05) is 9.80 Å². The van der Waals surface area contributed by atoms with Crippen molar-refractivity contribution in [2.24, 2.45) is 0 Å². The van der Waals surface area contributed by atoms with Crippen LogP contribution in [0.25, 0.3) is 99.5 Å². The number of benzene rings is 12. The van der Waals surface area contributed by atoms with Gasteiger partial charge in [-0.1, -0.05) is 201 Å². The second-order valence-electron chi connectivity index (χ2n) is 27.1. The second kappa shape index (κ2) is 17.7. The van der Waals surface area contributed by atoms with Crippen molar-refractivity contribution in [1.29, 1.82) is 0 Å². The minimum atomic E-state index is -0.388. The summed E-state index contributed by atoms with van der Waals surface area (Å²) in [5.74, 6) is 0. The van der Waals surface area contributed by atoms with Gasteiger partial charge in [0, 0.05) is 88.5 Å². The van der Waals surface area contributed by atoms with Crippen molar-refractivity contribution >= 4 is 78.0 Å². The van der Waals surface area contributed by atoms with Crippen LogP contribution < -0.4 is 9.80 Å². The predicted molar refractivity (Wildman–Crippen MR) is 366 cm³/mol. The standard InChI is InChI=1S/C84H64N2O2/c1-81(2)64-31-19-15-27-56(64)57-42-35-49(45-66(57)81)63-48-69-72(74-61-29-17-21-33-70(61)87-79(63)74)59-43-40-54(46-67(59)82(69,3)4)86(53-38-36-52(37-39-53)85(50-23-11-9-12-24-50)51-25-13-10-14-26-51)55-41-44-60-68(47-55)84(7,8)77-73(60)75-62-30-18-22-34-71(62)88-80(75)76-58-28-16-20-32-65(58)83(5,6)78(76)77/h9-48H,1-8H3. The molecule has 4 nitrogen and oxygen atoms in total. The number of hydrogen-bond donors (Lipinski definition) is 0. The summed E-state index contributed by atoms with van der Waals surface area (Å²) in [5.41, 5.74) is 32.4. The number of anilines is 6. The number of hydrogen-bond acceptors (Lipinski definition) is 4. The molecular formula is C84H64N2O2. The maximum Gasteiger partial charge on any atom is 0.144 e. The summed E-state index contributed by atoms with van der Waals surface area (Å²) in [7, 11) is 0. The highest BCUT2D eigenvalue weighted by atomic mass is 16.3. The highest BCUT2D eigenvalue weighted by Crippen LogP contribution is 2.64.